The number of hydrogen-bond donors (Lipinski definition) is 3. The molecular formula is C32H30ClN7O4. The van der Waals surface area contributed by atoms with Gasteiger partial charge >= 0.3 is 6.09 Å². The molecule has 5 aromatic rings. The Balaban J connectivity index is 1.40. The zero-order valence-electron chi connectivity index (χ0n) is 24.1. The van der Waals surface area contributed by atoms with Crippen molar-refractivity contribution < 1.29 is 19.1 Å². The largest absolute Gasteiger partial charge is 0.618 e. The number of halogens is 1. The maximum Gasteiger partial charge on any atom is 0.411 e. The van der Waals surface area contributed by atoms with E-state index in [9.17, 15) is 14.8 Å². The summed E-state index contributed by atoms with van der Waals surface area (Å²) in [6, 6.07) is 16.2. The van der Waals surface area contributed by atoms with Crippen molar-refractivity contribution in [2.24, 2.45) is 0 Å². The molecule has 2 amide bonds. The molecule has 4 heterocycles. The van der Waals surface area contributed by atoms with Crippen LogP contribution in [0, 0.1) is 12.1 Å². The summed E-state index contributed by atoms with van der Waals surface area (Å²) in [5.41, 5.74) is 5.90. The number of aryl methyl sites for hydroxylation is 1. The second-order valence-corrected chi connectivity index (χ2v) is 11.0. The molecule has 224 valence electrons. The Hall–Kier alpha value is -5.16. The fraction of sp³-hybridized carbons (Fsp3) is 0.219. The van der Waals surface area contributed by atoms with Crippen LogP contribution in [0.1, 0.15) is 48.8 Å². The highest BCUT2D eigenvalue weighted by molar-refractivity contribution is 6.31. The van der Waals surface area contributed by atoms with Gasteiger partial charge in [0, 0.05) is 58.0 Å². The number of H-pyrrole nitrogens is 1. The number of rotatable bonds is 4. The van der Waals surface area contributed by atoms with Gasteiger partial charge in [-0.25, -0.2) is 14.5 Å². The highest BCUT2D eigenvalue weighted by Crippen LogP contribution is 2.36. The zero-order valence-corrected chi connectivity index (χ0v) is 24.9. The fourth-order valence-corrected chi connectivity index (χ4v) is 5.73. The second kappa shape index (κ2) is 12.2. The third kappa shape index (κ3) is 5.86. The molecule has 0 radical (unpaired) electrons. The Kier molecular flexibility index (Phi) is 8.03. The molecule has 3 N–H and O–H groups in total. The Morgan fingerprint density at radius 3 is 2.80 bits per heavy atom. The van der Waals surface area contributed by atoms with Crippen LogP contribution in [0.4, 0.5) is 16.2 Å². The van der Waals surface area contributed by atoms with Gasteiger partial charge < -0.3 is 20.2 Å². The number of imidazole rings is 1. The van der Waals surface area contributed by atoms with Gasteiger partial charge in [-0.15, -0.1) is 0 Å². The molecular weight excluding hydrogens is 582 g/mol. The predicted octanol–water partition coefficient (Wildman–Crippen LogP) is 6.35. The minimum Gasteiger partial charge on any atom is -0.618 e. The lowest BCUT2D eigenvalue weighted by Crippen LogP contribution is -2.34. The lowest BCUT2D eigenvalue weighted by atomic mass is 9.95. The van der Waals surface area contributed by atoms with Crippen LogP contribution >= 0.6 is 11.6 Å². The number of carbonyl (C=O) groups excluding carboxylic acids is 2. The first-order valence-corrected chi connectivity index (χ1v) is 14.6. The van der Waals surface area contributed by atoms with E-state index in [1.54, 1.807) is 41.3 Å². The number of fused-ring (bicyclic) bond motifs is 4. The monoisotopic (exact) mass is 611 g/mol. The third-order valence-corrected chi connectivity index (χ3v) is 7.92. The van der Waals surface area contributed by atoms with Crippen molar-refractivity contribution in [3.05, 3.63) is 101 Å². The molecule has 2 bridgehead atoms. The van der Waals surface area contributed by atoms with Crippen LogP contribution in [0.5, 0.6) is 0 Å². The zero-order chi connectivity index (χ0) is 30.8. The SMILES string of the molecule is COC(=O)Nc1ccc2c(c1)NC(=O)CCCC[C@H](c1ccc(-c3cc(Cl)ccc3-n3cccn3)c[n+]1[O-])c1nc-2c(C)[nH]1. The number of anilines is 2. The van der Waals surface area contributed by atoms with Crippen LogP contribution in [-0.4, -0.2) is 38.9 Å². The van der Waals surface area contributed by atoms with Crippen LogP contribution in [0.3, 0.4) is 0 Å². The van der Waals surface area contributed by atoms with Gasteiger partial charge in [-0.1, -0.05) is 18.0 Å². The van der Waals surface area contributed by atoms with E-state index < -0.39 is 6.09 Å². The Labute approximate surface area is 258 Å². The first-order valence-electron chi connectivity index (χ1n) is 14.2. The molecule has 0 aliphatic carbocycles. The molecule has 0 fully saturated rings. The second-order valence-electron chi connectivity index (χ2n) is 10.6. The van der Waals surface area contributed by atoms with Crippen LogP contribution in [-0.2, 0) is 9.53 Å². The number of nitrogens with one attached hydrogen (secondary N) is 3. The normalized spacial score (nSPS) is 15.0. The Morgan fingerprint density at radius 2 is 2.02 bits per heavy atom. The number of pyridine rings is 1. The minimum atomic E-state index is -0.615. The number of hydrogen-bond acceptors (Lipinski definition) is 6. The van der Waals surface area contributed by atoms with E-state index in [1.807, 2.05) is 43.5 Å². The number of methoxy groups -OCH3 is 1. The quantitative estimate of drug-likeness (QED) is 0.160. The van der Waals surface area contributed by atoms with E-state index in [2.05, 4.69) is 20.7 Å². The molecule has 0 saturated carbocycles. The summed E-state index contributed by atoms with van der Waals surface area (Å²) in [4.78, 5) is 33.0. The topological polar surface area (TPSA) is 141 Å². The predicted molar refractivity (Wildman–Crippen MR) is 167 cm³/mol. The summed E-state index contributed by atoms with van der Waals surface area (Å²) in [5, 5.41) is 24.2. The van der Waals surface area contributed by atoms with E-state index in [0.717, 1.165) is 21.7 Å². The summed E-state index contributed by atoms with van der Waals surface area (Å²) in [6.45, 7) is 1.90. The van der Waals surface area contributed by atoms with Gasteiger partial charge in [-0.2, -0.15) is 9.83 Å². The smallest absolute Gasteiger partial charge is 0.411 e. The number of nitrogens with zero attached hydrogens (tertiary/aromatic N) is 4. The maximum atomic E-state index is 13.7. The molecule has 12 heteroatoms. The van der Waals surface area contributed by atoms with Gasteiger partial charge in [-0.05, 0) is 68.3 Å². The highest BCUT2D eigenvalue weighted by atomic mass is 35.5. The molecule has 0 saturated heterocycles. The first-order chi connectivity index (χ1) is 21.3. The van der Waals surface area contributed by atoms with Gasteiger partial charge in [0.2, 0.25) is 11.6 Å². The highest BCUT2D eigenvalue weighted by Gasteiger charge is 2.28. The average Bonchev–Trinajstić information content (AvgIpc) is 3.67. The van der Waals surface area contributed by atoms with Crippen molar-refractivity contribution in [3.63, 3.8) is 0 Å². The summed E-state index contributed by atoms with van der Waals surface area (Å²) in [6.07, 6.45) is 6.71. The summed E-state index contributed by atoms with van der Waals surface area (Å²) >= 11 is 6.35. The third-order valence-electron chi connectivity index (χ3n) is 7.68. The number of aromatic amines is 1. The molecule has 0 spiro atoms. The molecule has 1 aliphatic rings. The van der Waals surface area contributed by atoms with Crippen molar-refractivity contribution in [2.45, 2.75) is 38.5 Å². The molecule has 3 aromatic heterocycles. The number of benzene rings is 2. The van der Waals surface area contributed by atoms with Gasteiger partial charge in [0.15, 0.2) is 6.20 Å². The molecule has 44 heavy (non-hydrogen) atoms. The van der Waals surface area contributed by atoms with Gasteiger partial charge in [0.25, 0.3) is 0 Å². The van der Waals surface area contributed by atoms with Crippen molar-refractivity contribution in [1.29, 1.82) is 0 Å². The standard InChI is InChI=1S/C32H30ClN7O4/c1-19-30-23-11-10-22(36-32(42)44-2)17-26(23)37-29(41)7-4-3-6-24(31(35-19)38-30)28-12-8-20(18-40(28)43)25-16-21(33)9-13-27(25)39-15-5-14-34-39/h5,8-18,24H,3-4,6-7H2,1-2H3,(H,35,38)(H,36,42)(H,37,41)/t24-/m1/s1. The molecule has 1 aliphatic heterocycles. The van der Waals surface area contributed by atoms with Crippen molar-refractivity contribution >= 4 is 35.0 Å². The number of ether oxygens (including phenoxy) is 1. The lowest BCUT2D eigenvalue weighted by molar-refractivity contribution is -0.614. The summed E-state index contributed by atoms with van der Waals surface area (Å²) in [5.74, 6) is 0.166. The summed E-state index contributed by atoms with van der Waals surface area (Å²) in [7, 11) is 1.28. The van der Waals surface area contributed by atoms with E-state index in [0.29, 0.717) is 70.4 Å². The van der Waals surface area contributed by atoms with Gasteiger partial charge in [0.1, 0.15) is 11.7 Å². The number of amides is 2. The van der Waals surface area contributed by atoms with Crippen molar-refractivity contribution in [3.8, 4) is 28.1 Å². The minimum absolute atomic E-state index is 0.148. The van der Waals surface area contributed by atoms with Crippen molar-refractivity contribution in [2.75, 3.05) is 17.7 Å². The Morgan fingerprint density at radius 1 is 1.16 bits per heavy atom. The molecule has 0 unspecified atom stereocenters. The van der Waals surface area contributed by atoms with Crippen LogP contribution in [0.2, 0.25) is 5.02 Å². The fourth-order valence-electron chi connectivity index (χ4n) is 5.56. The maximum absolute atomic E-state index is 13.7. The van der Waals surface area contributed by atoms with E-state index >= 15 is 0 Å². The van der Waals surface area contributed by atoms with E-state index in [-0.39, 0.29) is 11.8 Å². The average molecular weight is 612 g/mol. The van der Waals surface area contributed by atoms with Crippen molar-refractivity contribution in [1.82, 2.24) is 19.7 Å². The number of aromatic nitrogens is 5. The first kappa shape index (κ1) is 28.9. The molecule has 6 rings (SSSR count). The lowest BCUT2D eigenvalue weighted by Gasteiger charge is -2.17. The summed E-state index contributed by atoms with van der Waals surface area (Å²) < 4.78 is 7.33. The van der Waals surface area contributed by atoms with Gasteiger partial charge in [-0.3, -0.25) is 10.1 Å². The van der Waals surface area contributed by atoms with Crippen LogP contribution in [0.15, 0.2) is 73.2 Å². The van der Waals surface area contributed by atoms with Gasteiger partial charge in [0.05, 0.1) is 24.2 Å². The number of carbonyl (C=O) groups is 2. The van der Waals surface area contributed by atoms with Crippen LogP contribution < -0.4 is 15.4 Å². The van der Waals surface area contributed by atoms with Crippen LogP contribution in [0.25, 0.3) is 28.1 Å². The Bertz CT molecular complexity index is 1850. The molecule has 2 aromatic carbocycles. The molecule has 11 nitrogen and oxygen atoms in total. The molecule has 1 atom stereocenters. The van der Waals surface area contributed by atoms with E-state index in [1.165, 1.54) is 7.11 Å². The van der Waals surface area contributed by atoms with E-state index in [4.69, 9.17) is 21.3 Å².